The average Bonchev–Trinajstić information content (AvgIpc) is 2.90. The molecule has 0 saturated carbocycles. The molecule has 1 amide bonds. The normalized spacial score (nSPS) is 23.1. The van der Waals surface area contributed by atoms with E-state index in [4.69, 9.17) is 19.8 Å². The first kappa shape index (κ1) is 22.6. The highest BCUT2D eigenvalue weighted by molar-refractivity contribution is 5.91. The number of piperidine rings is 1. The van der Waals surface area contributed by atoms with Crippen LogP contribution in [0.2, 0.25) is 0 Å². The summed E-state index contributed by atoms with van der Waals surface area (Å²) in [6.45, 7) is 4.05. The summed E-state index contributed by atoms with van der Waals surface area (Å²) in [6.07, 6.45) is 3.37. The smallest absolute Gasteiger partial charge is 0.435 e. The van der Waals surface area contributed by atoms with E-state index in [1.807, 2.05) is 6.92 Å². The average molecular weight is 385 g/mol. The lowest BCUT2D eigenvalue weighted by Gasteiger charge is -2.36. The molecule has 2 N–H and O–H groups in total. The molecule has 10 heteroatoms. The predicted octanol–water partition coefficient (Wildman–Crippen LogP) is 1.03. The summed E-state index contributed by atoms with van der Waals surface area (Å²) in [5.74, 6) is -2.51. The number of hydrogen-bond acceptors (Lipinski definition) is 7. The first-order valence-corrected chi connectivity index (χ1v) is 8.50. The lowest BCUT2D eigenvalue weighted by molar-refractivity contribution is -0.134. The number of rotatable bonds is 3. The summed E-state index contributed by atoms with van der Waals surface area (Å²) in [7, 11) is 5.39. The van der Waals surface area contributed by atoms with E-state index in [-0.39, 0.29) is 11.7 Å². The summed E-state index contributed by atoms with van der Waals surface area (Å²) in [6, 6.07) is 0. The predicted molar refractivity (Wildman–Crippen MR) is 96.6 cm³/mol. The van der Waals surface area contributed by atoms with Gasteiger partial charge in [0.1, 0.15) is 0 Å². The number of carboxylic acid groups (broad SMARTS) is 2. The zero-order valence-electron chi connectivity index (χ0n) is 16.0. The van der Waals surface area contributed by atoms with Crippen LogP contribution in [-0.2, 0) is 19.2 Å². The van der Waals surface area contributed by atoms with Crippen LogP contribution >= 0.6 is 0 Å². The van der Waals surface area contributed by atoms with Gasteiger partial charge in [0.05, 0.1) is 17.4 Å². The number of likely N-dealkylation sites (tertiary alicyclic amines) is 1. The second-order valence-electron chi connectivity index (χ2n) is 6.77. The molecule has 0 bridgehead atoms. The van der Waals surface area contributed by atoms with Gasteiger partial charge in [0.25, 0.3) is 0 Å². The van der Waals surface area contributed by atoms with Crippen LogP contribution in [0.5, 0.6) is 0 Å². The van der Waals surface area contributed by atoms with Gasteiger partial charge in [0.2, 0.25) is 0 Å². The molecule has 1 unspecified atom stereocenters. The fourth-order valence-electron chi connectivity index (χ4n) is 2.71. The lowest BCUT2D eigenvalue weighted by atomic mass is 9.88. The summed E-state index contributed by atoms with van der Waals surface area (Å²) in [4.78, 5) is 39.0. The minimum atomic E-state index is -1.26. The van der Waals surface area contributed by atoms with E-state index in [1.54, 1.807) is 14.1 Å². The molecule has 27 heavy (non-hydrogen) atoms. The largest absolute Gasteiger partial charge is 0.478 e. The first-order valence-electron chi connectivity index (χ1n) is 8.50. The van der Waals surface area contributed by atoms with Gasteiger partial charge in [-0.1, -0.05) is 5.16 Å². The second kappa shape index (κ2) is 10.0. The standard InChI is InChI=1S/C13H23N3O3.C4H4O4/c1-10-11(14-19-12(17)15(2)3)9-13(18-10)5-7-16(4)8-6-13;5-3(6)1-2-4(7)8/h10H,5-9H2,1-4H3;1-2H,(H,5,6)(H,7,8). The van der Waals surface area contributed by atoms with Gasteiger partial charge in [-0.25, -0.2) is 14.4 Å². The van der Waals surface area contributed by atoms with E-state index < -0.39 is 18.0 Å². The SMILES string of the molecule is CC1OC2(CCN(C)CC2)CC1=NOC(=O)N(C)C.O=C(O)C=CC(=O)O. The van der Waals surface area contributed by atoms with Crippen molar-refractivity contribution in [3.05, 3.63) is 12.2 Å². The third kappa shape index (κ3) is 7.75. The molecule has 0 radical (unpaired) electrons. The number of amides is 1. The van der Waals surface area contributed by atoms with Crippen molar-refractivity contribution < 1.29 is 34.2 Å². The zero-order valence-corrected chi connectivity index (χ0v) is 16.0. The van der Waals surface area contributed by atoms with Crippen molar-refractivity contribution in [2.45, 2.75) is 37.9 Å². The number of oxime groups is 1. The van der Waals surface area contributed by atoms with Crippen molar-refractivity contribution in [2.75, 3.05) is 34.2 Å². The van der Waals surface area contributed by atoms with Crippen LogP contribution in [0.1, 0.15) is 26.2 Å². The number of hydrogen-bond donors (Lipinski definition) is 2. The number of carbonyl (C=O) groups is 3. The van der Waals surface area contributed by atoms with Gasteiger partial charge in [-0.15, -0.1) is 0 Å². The van der Waals surface area contributed by atoms with Crippen molar-refractivity contribution in [1.29, 1.82) is 0 Å². The van der Waals surface area contributed by atoms with Crippen LogP contribution in [0.25, 0.3) is 0 Å². The molecular weight excluding hydrogens is 358 g/mol. The lowest BCUT2D eigenvalue weighted by Crippen LogP contribution is -2.42. The van der Waals surface area contributed by atoms with Crippen molar-refractivity contribution in [3.63, 3.8) is 0 Å². The molecule has 2 heterocycles. The van der Waals surface area contributed by atoms with Gasteiger partial charge in [-0.05, 0) is 26.8 Å². The Bertz CT molecular complexity index is 592. The van der Waals surface area contributed by atoms with Gasteiger partial charge < -0.3 is 24.7 Å². The number of carbonyl (C=O) groups excluding carboxylic acids is 1. The summed E-state index contributed by atoms with van der Waals surface area (Å²) in [5.41, 5.74) is 0.731. The van der Waals surface area contributed by atoms with Crippen LogP contribution < -0.4 is 0 Å². The summed E-state index contributed by atoms with van der Waals surface area (Å²) >= 11 is 0. The number of nitrogens with zero attached hydrogens (tertiary/aromatic N) is 3. The Morgan fingerprint density at radius 2 is 1.74 bits per heavy atom. The Balaban J connectivity index is 0.000000387. The van der Waals surface area contributed by atoms with E-state index in [0.29, 0.717) is 12.2 Å². The first-order chi connectivity index (χ1) is 12.5. The Morgan fingerprint density at radius 1 is 1.22 bits per heavy atom. The third-order valence-electron chi connectivity index (χ3n) is 4.27. The number of aliphatic carboxylic acids is 2. The number of carboxylic acids is 2. The molecule has 10 nitrogen and oxygen atoms in total. The topological polar surface area (TPSA) is 129 Å². The summed E-state index contributed by atoms with van der Waals surface area (Å²) < 4.78 is 6.08. The van der Waals surface area contributed by atoms with E-state index in [9.17, 15) is 14.4 Å². The maximum Gasteiger partial charge on any atom is 0.435 e. The zero-order chi connectivity index (χ0) is 20.6. The van der Waals surface area contributed by atoms with Crippen LogP contribution in [0, 0.1) is 0 Å². The quantitative estimate of drug-likeness (QED) is 0.419. The van der Waals surface area contributed by atoms with Crippen molar-refractivity contribution in [1.82, 2.24) is 9.80 Å². The second-order valence-corrected chi connectivity index (χ2v) is 6.77. The van der Waals surface area contributed by atoms with Crippen molar-refractivity contribution in [2.24, 2.45) is 5.16 Å². The van der Waals surface area contributed by atoms with Gasteiger partial charge in [-0.3, -0.25) is 4.84 Å². The Hall–Kier alpha value is -2.46. The van der Waals surface area contributed by atoms with Gasteiger partial charge in [0, 0.05) is 45.8 Å². The Morgan fingerprint density at radius 3 is 2.19 bits per heavy atom. The molecule has 2 aliphatic heterocycles. The Labute approximate surface area is 158 Å². The molecule has 1 atom stereocenters. The van der Waals surface area contributed by atoms with Gasteiger partial charge >= 0.3 is 18.0 Å². The maximum absolute atomic E-state index is 11.4. The van der Waals surface area contributed by atoms with Crippen molar-refractivity contribution >= 4 is 23.7 Å². The van der Waals surface area contributed by atoms with E-state index in [2.05, 4.69) is 17.1 Å². The highest BCUT2D eigenvalue weighted by Crippen LogP contribution is 2.37. The molecule has 1 spiro atoms. The Kier molecular flexibility index (Phi) is 8.38. The summed E-state index contributed by atoms with van der Waals surface area (Å²) in [5, 5.41) is 19.6. The molecule has 2 rings (SSSR count). The highest BCUT2D eigenvalue weighted by Gasteiger charge is 2.44. The molecule has 0 aromatic heterocycles. The van der Waals surface area contributed by atoms with E-state index in [1.165, 1.54) is 4.90 Å². The molecular formula is C17H27N3O7. The van der Waals surface area contributed by atoms with Crippen LogP contribution in [0.3, 0.4) is 0 Å². The molecule has 0 aliphatic carbocycles. The molecule has 0 aromatic carbocycles. The molecule has 2 aliphatic rings. The number of ether oxygens (including phenoxy) is 1. The van der Waals surface area contributed by atoms with Gasteiger partial charge in [-0.2, -0.15) is 0 Å². The molecule has 2 fully saturated rings. The fourth-order valence-corrected chi connectivity index (χ4v) is 2.71. The van der Waals surface area contributed by atoms with Crippen LogP contribution in [0.15, 0.2) is 17.3 Å². The maximum atomic E-state index is 11.4. The van der Waals surface area contributed by atoms with Crippen molar-refractivity contribution in [3.8, 4) is 0 Å². The minimum Gasteiger partial charge on any atom is -0.478 e. The molecule has 2 saturated heterocycles. The van der Waals surface area contributed by atoms with Gasteiger partial charge in [0.15, 0.2) is 0 Å². The minimum absolute atomic E-state index is 0.0710. The third-order valence-corrected chi connectivity index (χ3v) is 4.27. The monoisotopic (exact) mass is 385 g/mol. The fraction of sp³-hybridized carbons (Fsp3) is 0.647. The van der Waals surface area contributed by atoms with Crippen LogP contribution in [0.4, 0.5) is 4.79 Å². The van der Waals surface area contributed by atoms with Crippen LogP contribution in [-0.4, -0.2) is 89.7 Å². The molecule has 0 aromatic rings. The highest BCUT2D eigenvalue weighted by atomic mass is 16.7. The van der Waals surface area contributed by atoms with E-state index in [0.717, 1.165) is 38.1 Å². The molecule has 152 valence electrons. The van der Waals surface area contributed by atoms with E-state index >= 15 is 0 Å².